The number of benzene rings is 1. The first kappa shape index (κ1) is 12.4. The number of nitrogens with zero attached hydrogens (tertiary/aromatic N) is 3. The fourth-order valence-corrected chi connectivity index (χ4v) is 1.73. The third-order valence-corrected chi connectivity index (χ3v) is 2.73. The zero-order valence-corrected chi connectivity index (χ0v) is 10.5. The fraction of sp³-hybridized carbons (Fsp3) is 0.0833. The molecule has 2 aromatic rings. The molecule has 0 amide bonds. The Bertz CT molecular complexity index is 555. The Balaban J connectivity index is 2.11. The Morgan fingerprint density at radius 3 is 2.56 bits per heavy atom. The van der Waals surface area contributed by atoms with Crippen LogP contribution in [0.15, 0.2) is 57.6 Å². The van der Waals surface area contributed by atoms with E-state index in [4.69, 9.17) is 4.74 Å². The van der Waals surface area contributed by atoms with Crippen molar-refractivity contribution in [2.45, 2.75) is 0 Å². The number of aromatic nitrogens is 1. The Labute approximate surface area is 107 Å². The molecule has 0 saturated carbocycles. The smallest absolute Gasteiger partial charge is 0.219 e. The molecule has 0 aliphatic heterocycles. The van der Waals surface area contributed by atoms with Crippen molar-refractivity contribution < 1.29 is 4.74 Å². The van der Waals surface area contributed by atoms with Crippen LogP contribution < -0.4 is 4.74 Å². The van der Waals surface area contributed by atoms with E-state index in [-0.39, 0.29) is 0 Å². The molecule has 1 aromatic heterocycles. The minimum atomic E-state index is -0.831. The first-order chi connectivity index (χ1) is 8.78. The Morgan fingerprint density at radius 2 is 1.94 bits per heavy atom. The van der Waals surface area contributed by atoms with Crippen LogP contribution >= 0.6 is 0 Å². The van der Waals surface area contributed by atoms with Crippen LogP contribution in [0.5, 0.6) is 11.6 Å². The van der Waals surface area contributed by atoms with E-state index >= 15 is 0 Å². The molecule has 18 heavy (non-hydrogen) atoms. The molecule has 92 valence electrons. The van der Waals surface area contributed by atoms with Gasteiger partial charge in [-0.1, -0.05) is 6.07 Å². The monoisotopic (exact) mass is 261 g/mol. The minimum Gasteiger partial charge on any atom is -0.439 e. The van der Waals surface area contributed by atoms with Crippen molar-refractivity contribution in [2.75, 3.05) is 6.26 Å². The number of nitroso groups, excluding NO2 is 1. The fourth-order valence-electron chi connectivity index (χ4n) is 1.27. The average molecular weight is 261 g/mol. The molecule has 1 aromatic carbocycles. The van der Waals surface area contributed by atoms with Crippen molar-refractivity contribution >= 4 is 16.6 Å². The highest BCUT2D eigenvalue weighted by atomic mass is 32.2. The summed E-state index contributed by atoms with van der Waals surface area (Å²) in [5.74, 6) is 1.20. The van der Waals surface area contributed by atoms with Gasteiger partial charge in [-0.25, -0.2) is 9.35 Å². The van der Waals surface area contributed by atoms with Crippen LogP contribution in [0.1, 0.15) is 0 Å². The second-order valence-electron chi connectivity index (χ2n) is 3.38. The number of hydrogen-bond donors (Lipinski definition) is 0. The number of pyridine rings is 1. The topological polar surface area (TPSA) is 63.9 Å². The van der Waals surface area contributed by atoms with Gasteiger partial charge in [0.2, 0.25) is 5.88 Å². The third-order valence-electron chi connectivity index (χ3n) is 2.04. The summed E-state index contributed by atoms with van der Waals surface area (Å²) >= 11 is 0. The predicted octanol–water partition coefficient (Wildman–Crippen LogP) is 3.62. The predicted molar refractivity (Wildman–Crippen MR) is 71.9 cm³/mol. The van der Waals surface area contributed by atoms with E-state index in [2.05, 4.69) is 13.9 Å². The van der Waals surface area contributed by atoms with Crippen molar-refractivity contribution in [3.63, 3.8) is 0 Å². The summed E-state index contributed by atoms with van der Waals surface area (Å²) in [6, 6.07) is 12.5. The molecular formula is C12H11N3O2S. The second-order valence-corrected chi connectivity index (χ2v) is 4.60. The second kappa shape index (κ2) is 6.02. The summed E-state index contributed by atoms with van der Waals surface area (Å²) in [6.07, 6.45) is 3.32. The van der Waals surface area contributed by atoms with Crippen LogP contribution in [0.25, 0.3) is 0 Å². The SMILES string of the molecule is CS(N=O)=Nc1ccc(Oc2ccccn2)cc1. The lowest BCUT2D eigenvalue weighted by Crippen LogP contribution is -1.85. The van der Waals surface area contributed by atoms with E-state index in [1.54, 1.807) is 42.8 Å². The summed E-state index contributed by atoms with van der Waals surface area (Å²) in [4.78, 5) is 14.3. The van der Waals surface area contributed by atoms with Crippen LogP contribution in [0.2, 0.25) is 0 Å². The van der Waals surface area contributed by atoms with E-state index in [0.29, 0.717) is 17.3 Å². The summed E-state index contributed by atoms with van der Waals surface area (Å²) in [7, 11) is -0.831. The standard InChI is InChI=1S/C12H11N3O2S/c1-18(15-16)14-10-5-7-11(8-6-10)17-12-4-2-3-9-13-12/h2-9H,1H3. The summed E-state index contributed by atoms with van der Waals surface area (Å²) < 4.78 is 12.5. The molecule has 1 unspecified atom stereocenters. The van der Waals surface area contributed by atoms with Crippen LogP contribution in [-0.4, -0.2) is 11.2 Å². The number of ether oxygens (including phenoxy) is 1. The van der Waals surface area contributed by atoms with E-state index in [1.165, 1.54) is 0 Å². The van der Waals surface area contributed by atoms with E-state index in [9.17, 15) is 4.91 Å². The lowest BCUT2D eigenvalue weighted by molar-refractivity contribution is 0.463. The zero-order valence-electron chi connectivity index (χ0n) is 9.69. The highest BCUT2D eigenvalue weighted by molar-refractivity contribution is 7.85. The largest absolute Gasteiger partial charge is 0.439 e. The summed E-state index contributed by atoms with van der Waals surface area (Å²) in [5.41, 5.74) is 0.703. The maximum Gasteiger partial charge on any atom is 0.219 e. The van der Waals surface area contributed by atoms with Crippen LogP contribution in [0.4, 0.5) is 5.69 Å². The van der Waals surface area contributed by atoms with Gasteiger partial charge in [0.1, 0.15) is 5.75 Å². The molecular weight excluding hydrogens is 250 g/mol. The van der Waals surface area contributed by atoms with Gasteiger partial charge in [0.15, 0.2) is 0 Å². The molecule has 0 radical (unpaired) electrons. The van der Waals surface area contributed by atoms with Gasteiger partial charge in [0.05, 0.1) is 16.6 Å². The molecule has 0 fully saturated rings. The number of hydrogen-bond acceptors (Lipinski definition) is 4. The van der Waals surface area contributed by atoms with Gasteiger partial charge in [-0.2, -0.15) is 0 Å². The van der Waals surface area contributed by atoms with Crippen LogP contribution in [-0.2, 0) is 10.9 Å². The van der Waals surface area contributed by atoms with Crippen molar-refractivity contribution in [1.82, 2.24) is 4.98 Å². The van der Waals surface area contributed by atoms with Gasteiger partial charge in [0, 0.05) is 23.1 Å². The highest BCUT2D eigenvalue weighted by Gasteiger charge is 1.98. The van der Waals surface area contributed by atoms with E-state index in [1.807, 2.05) is 12.1 Å². The molecule has 0 saturated heterocycles. The lowest BCUT2D eigenvalue weighted by atomic mass is 10.3. The molecule has 6 heteroatoms. The quantitative estimate of drug-likeness (QED) is 0.789. The van der Waals surface area contributed by atoms with E-state index in [0.717, 1.165) is 0 Å². The Hall–Kier alpha value is -2.08. The van der Waals surface area contributed by atoms with Gasteiger partial charge >= 0.3 is 0 Å². The van der Waals surface area contributed by atoms with Gasteiger partial charge in [-0.3, -0.25) is 0 Å². The first-order valence-electron chi connectivity index (χ1n) is 5.18. The number of rotatable bonds is 4. The van der Waals surface area contributed by atoms with E-state index < -0.39 is 10.9 Å². The third kappa shape index (κ3) is 3.46. The molecule has 0 aliphatic rings. The summed E-state index contributed by atoms with van der Waals surface area (Å²) in [6.45, 7) is 0. The molecule has 0 N–H and O–H groups in total. The van der Waals surface area contributed by atoms with Crippen LogP contribution in [0.3, 0.4) is 0 Å². The van der Waals surface area contributed by atoms with Crippen molar-refractivity contribution in [3.8, 4) is 11.6 Å². The van der Waals surface area contributed by atoms with Crippen molar-refractivity contribution in [3.05, 3.63) is 53.6 Å². The highest BCUT2D eigenvalue weighted by Crippen LogP contribution is 2.22. The van der Waals surface area contributed by atoms with Gasteiger partial charge < -0.3 is 4.74 Å². The first-order valence-corrected chi connectivity index (χ1v) is 6.73. The average Bonchev–Trinajstić information content (AvgIpc) is 2.42. The lowest BCUT2D eigenvalue weighted by Gasteiger charge is -2.03. The minimum absolute atomic E-state index is 0.534. The molecule has 2 rings (SSSR count). The van der Waals surface area contributed by atoms with Crippen molar-refractivity contribution in [1.29, 1.82) is 0 Å². The Kier molecular flexibility index (Phi) is 4.14. The molecule has 1 heterocycles. The van der Waals surface area contributed by atoms with Crippen molar-refractivity contribution in [2.24, 2.45) is 8.94 Å². The Morgan fingerprint density at radius 1 is 1.17 bits per heavy atom. The molecule has 5 nitrogen and oxygen atoms in total. The molecule has 0 spiro atoms. The normalized spacial score (nSPS) is 12.1. The molecule has 1 atom stereocenters. The maximum absolute atomic E-state index is 10.3. The summed E-state index contributed by atoms with van der Waals surface area (Å²) in [5, 5.41) is 0. The molecule has 0 bridgehead atoms. The molecule has 0 aliphatic carbocycles. The van der Waals surface area contributed by atoms with Gasteiger partial charge in [0.25, 0.3) is 0 Å². The van der Waals surface area contributed by atoms with Crippen LogP contribution in [0, 0.1) is 4.91 Å². The zero-order chi connectivity index (χ0) is 12.8. The van der Waals surface area contributed by atoms with Gasteiger partial charge in [-0.05, 0) is 30.3 Å². The van der Waals surface area contributed by atoms with Gasteiger partial charge in [-0.15, -0.1) is 4.91 Å². The maximum atomic E-state index is 10.3.